The van der Waals surface area contributed by atoms with Gasteiger partial charge in [-0.3, -0.25) is 4.90 Å². The molecule has 0 aliphatic heterocycles. The van der Waals surface area contributed by atoms with Gasteiger partial charge in [-0.1, -0.05) is 30.3 Å². The maximum absolute atomic E-state index is 13.0. The van der Waals surface area contributed by atoms with Gasteiger partial charge in [0.2, 0.25) is 0 Å². The van der Waals surface area contributed by atoms with E-state index in [1.807, 2.05) is 18.3 Å². The molecule has 0 aromatic heterocycles. The quantitative estimate of drug-likeness (QED) is 0.218. The van der Waals surface area contributed by atoms with Gasteiger partial charge in [-0.15, -0.1) is 0 Å². The fraction of sp³-hybridized carbons (Fsp3) is 0.231. The van der Waals surface area contributed by atoms with E-state index in [0.29, 0.717) is 23.5 Å². The first-order chi connectivity index (χ1) is 17.8. The largest absolute Gasteiger partial charge is 0.416 e. The number of hydrogen-bond donors (Lipinski definition) is 3. The summed E-state index contributed by atoms with van der Waals surface area (Å²) in [4.78, 5) is 26.6. The average Bonchev–Trinajstić information content (AvgIpc) is 2.83. The Hall–Kier alpha value is -4.22. The predicted octanol–water partition coefficient (Wildman–Crippen LogP) is 7.28. The van der Waals surface area contributed by atoms with Crippen LogP contribution in [-0.2, 0) is 12.4 Å². The standard InChI is InChI=1S/C26H24F6N4O2/c1-17-7-5-8-20(13-17)35-24(38)36(22-9-3-2-4-10-22)12-6-11-33-23(37)34-21-15-18(25(27,28)29)14-19(16-21)26(30,31)32/h2-5,7-10,13-16H,6,11-12H2,1H3,(H,35,38)(H2,33,34,37). The normalized spacial score (nSPS) is 11.6. The van der Waals surface area contributed by atoms with Crippen LogP contribution in [0.25, 0.3) is 0 Å². The van der Waals surface area contributed by atoms with E-state index < -0.39 is 41.2 Å². The third-order valence-electron chi connectivity index (χ3n) is 5.27. The molecule has 0 aliphatic carbocycles. The molecule has 202 valence electrons. The minimum Gasteiger partial charge on any atom is -0.338 e. The maximum Gasteiger partial charge on any atom is 0.416 e. The third kappa shape index (κ3) is 8.15. The van der Waals surface area contributed by atoms with Crippen molar-refractivity contribution in [2.24, 2.45) is 0 Å². The smallest absolute Gasteiger partial charge is 0.338 e. The van der Waals surface area contributed by atoms with E-state index in [2.05, 4.69) is 10.6 Å². The maximum atomic E-state index is 13.0. The number of urea groups is 2. The van der Waals surface area contributed by atoms with E-state index in [9.17, 15) is 35.9 Å². The predicted molar refractivity (Wildman–Crippen MR) is 132 cm³/mol. The number of benzene rings is 3. The molecule has 6 nitrogen and oxygen atoms in total. The van der Waals surface area contributed by atoms with Gasteiger partial charge in [-0.25, -0.2) is 9.59 Å². The second-order valence-electron chi connectivity index (χ2n) is 8.32. The number of rotatable bonds is 7. The van der Waals surface area contributed by atoms with Crippen LogP contribution in [0.1, 0.15) is 23.1 Å². The Labute approximate surface area is 214 Å². The summed E-state index contributed by atoms with van der Waals surface area (Å²) in [6, 6.07) is 15.3. The highest BCUT2D eigenvalue weighted by atomic mass is 19.4. The van der Waals surface area contributed by atoms with Gasteiger partial charge in [0.1, 0.15) is 0 Å². The molecule has 4 amide bonds. The Kier molecular flexibility index (Phi) is 8.87. The lowest BCUT2D eigenvalue weighted by Crippen LogP contribution is -2.38. The highest BCUT2D eigenvalue weighted by Gasteiger charge is 2.37. The van der Waals surface area contributed by atoms with Crippen LogP contribution in [0.3, 0.4) is 0 Å². The van der Waals surface area contributed by atoms with E-state index in [-0.39, 0.29) is 25.6 Å². The molecule has 0 atom stereocenters. The van der Waals surface area contributed by atoms with Gasteiger partial charge in [-0.05, 0) is 61.4 Å². The summed E-state index contributed by atoms with van der Waals surface area (Å²) in [6.45, 7) is 2.02. The zero-order valence-electron chi connectivity index (χ0n) is 20.1. The van der Waals surface area contributed by atoms with Crippen LogP contribution >= 0.6 is 0 Å². The first kappa shape index (κ1) is 28.4. The van der Waals surface area contributed by atoms with Crippen LogP contribution in [0.2, 0.25) is 0 Å². The summed E-state index contributed by atoms with van der Waals surface area (Å²) in [7, 11) is 0. The molecule has 0 radical (unpaired) electrons. The molecule has 0 aliphatic rings. The zero-order valence-corrected chi connectivity index (χ0v) is 20.1. The van der Waals surface area contributed by atoms with E-state index in [1.54, 1.807) is 48.5 Å². The molecule has 0 spiro atoms. The van der Waals surface area contributed by atoms with Gasteiger partial charge in [0, 0.05) is 30.2 Å². The number of halogens is 6. The van der Waals surface area contributed by atoms with Crippen LogP contribution in [-0.4, -0.2) is 25.2 Å². The number of amides is 4. The van der Waals surface area contributed by atoms with Crippen molar-refractivity contribution in [1.29, 1.82) is 0 Å². The van der Waals surface area contributed by atoms with Gasteiger partial charge >= 0.3 is 24.4 Å². The summed E-state index contributed by atoms with van der Waals surface area (Å²) in [5.41, 5.74) is -1.61. The fourth-order valence-electron chi connectivity index (χ4n) is 3.51. The van der Waals surface area contributed by atoms with E-state index in [0.717, 1.165) is 5.56 Å². The first-order valence-corrected chi connectivity index (χ1v) is 11.4. The first-order valence-electron chi connectivity index (χ1n) is 11.4. The second kappa shape index (κ2) is 11.9. The van der Waals surface area contributed by atoms with Gasteiger partial charge in [-0.2, -0.15) is 26.3 Å². The lowest BCUT2D eigenvalue weighted by Gasteiger charge is -2.23. The van der Waals surface area contributed by atoms with Crippen molar-refractivity contribution in [3.63, 3.8) is 0 Å². The van der Waals surface area contributed by atoms with E-state index >= 15 is 0 Å². The van der Waals surface area contributed by atoms with Crippen molar-refractivity contribution in [2.45, 2.75) is 25.7 Å². The topological polar surface area (TPSA) is 73.5 Å². The van der Waals surface area contributed by atoms with Crippen LogP contribution in [0.5, 0.6) is 0 Å². The monoisotopic (exact) mass is 538 g/mol. The number of nitrogens with zero attached hydrogens (tertiary/aromatic N) is 1. The van der Waals surface area contributed by atoms with E-state index in [1.165, 1.54) is 4.90 Å². The summed E-state index contributed by atoms with van der Waals surface area (Å²) in [5.74, 6) is 0. The number of para-hydroxylation sites is 1. The molecule has 12 heteroatoms. The molecular formula is C26H24F6N4O2. The summed E-state index contributed by atoms with van der Waals surface area (Å²) in [5, 5.41) is 7.19. The highest BCUT2D eigenvalue weighted by Crippen LogP contribution is 2.37. The average molecular weight is 538 g/mol. The molecule has 0 bridgehead atoms. The molecular weight excluding hydrogens is 514 g/mol. The minimum atomic E-state index is -5.03. The lowest BCUT2D eigenvalue weighted by atomic mass is 10.1. The molecule has 0 unspecified atom stereocenters. The zero-order chi connectivity index (χ0) is 27.9. The molecule has 0 saturated carbocycles. The number of hydrogen-bond acceptors (Lipinski definition) is 2. The van der Waals surface area contributed by atoms with Crippen LogP contribution < -0.4 is 20.9 Å². The van der Waals surface area contributed by atoms with Crippen LogP contribution in [0.4, 0.5) is 53.0 Å². The Morgan fingerprint density at radius 1 is 0.763 bits per heavy atom. The van der Waals surface area contributed by atoms with Crippen molar-refractivity contribution < 1.29 is 35.9 Å². The second-order valence-corrected chi connectivity index (χ2v) is 8.32. The molecule has 3 rings (SSSR count). The summed E-state index contributed by atoms with van der Waals surface area (Å²) < 4.78 is 78.2. The Balaban J connectivity index is 1.62. The molecule has 3 N–H and O–H groups in total. The molecule has 3 aromatic rings. The number of carbonyl (C=O) groups excluding carboxylic acids is 2. The van der Waals surface area contributed by atoms with Crippen molar-refractivity contribution in [3.8, 4) is 0 Å². The molecule has 0 saturated heterocycles. The molecule has 0 heterocycles. The number of aryl methyl sites for hydroxylation is 1. The van der Waals surface area contributed by atoms with Gasteiger partial charge in [0.15, 0.2) is 0 Å². The molecule has 0 fully saturated rings. The lowest BCUT2D eigenvalue weighted by molar-refractivity contribution is -0.143. The van der Waals surface area contributed by atoms with Crippen molar-refractivity contribution >= 4 is 29.1 Å². The Morgan fingerprint density at radius 2 is 1.39 bits per heavy atom. The number of anilines is 3. The van der Waals surface area contributed by atoms with Crippen molar-refractivity contribution in [1.82, 2.24) is 5.32 Å². The van der Waals surface area contributed by atoms with Crippen molar-refractivity contribution in [2.75, 3.05) is 28.6 Å². The number of alkyl halides is 6. The van der Waals surface area contributed by atoms with Gasteiger partial charge < -0.3 is 16.0 Å². The van der Waals surface area contributed by atoms with Gasteiger partial charge in [0.05, 0.1) is 11.1 Å². The van der Waals surface area contributed by atoms with Crippen molar-refractivity contribution in [3.05, 3.63) is 89.5 Å². The Morgan fingerprint density at radius 3 is 1.97 bits per heavy atom. The summed E-state index contributed by atoms with van der Waals surface area (Å²) in [6.07, 6.45) is -9.83. The third-order valence-corrected chi connectivity index (χ3v) is 5.27. The summed E-state index contributed by atoms with van der Waals surface area (Å²) >= 11 is 0. The van der Waals surface area contributed by atoms with Crippen LogP contribution in [0, 0.1) is 6.92 Å². The SMILES string of the molecule is Cc1cccc(NC(=O)N(CCCNC(=O)Nc2cc(C(F)(F)F)cc(C(F)(F)F)c2)c2ccccc2)c1. The Bertz CT molecular complexity index is 1230. The minimum absolute atomic E-state index is 0.0159. The molecule has 38 heavy (non-hydrogen) atoms. The van der Waals surface area contributed by atoms with E-state index in [4.69, 9.17) is 0 Å². The highest BCUT2D eigenvalue weighted by molar-refractivity contribution is 6.01. The number of nitrogens with one attached hydrogen (secondary N) is 3. The van der Waals surface area contributed by atoms with Gasteiger partial charge in [0.25, 0.3) is 0 Å². The van der Waals surface area contributed by atoms with Crippen LogP contribution in [0.15, 0.2) is 72.8 Å². The molecule has 3 aromatic carbocycles. The fourth-order valence-corrected chi connectivity index (χ4v) is 3.51. The number of carbonyl (C=O) groups is 2.